The van der Waals surface area contributed by atoms with Gasteiger partial charge in [0.25, 0.3) is 0 Å². The van der Waals surface area contributed by atoms with Crippen LogP contribution in [0.1, 0.15) is 0 Å². The predicted octanol–water partition coefficient (Wildman–Crippen LogP) is 2.18. The summed E-state index contributed by atoms with van der Waals surface area (Å²) in [6.45, 7) is 1.50. The van der Waals surface area contributed by atoms with E-state index in [2.05, 4.69) is 22.7 Å². The van der Waals surface area contributed by atoms with Crippen LogP contribution in [0.3, 0.4) is 0 Å². The zero-order valence-corrected chi connectivity index (χ0v) is 9.79. The standard InChI is InChI=1S/C11H15NO2S/c1-12(15-2)9-3-5-10(6-4-9)13-7-11-8-14-11/h3-6,11H,7-8H2,1-2H3. The Balaban J connectivity index is 1.90. The van der Waals surface area contributed by atoms with Crippen LogP contribution in [0.15, 0.2) is 24.3 Å². The average molecular weight is 225 g/mol. The first kappa shape index (κ1) is 10.6. The van der Waals surface area contributed by atoms with Gasteiger partial charge in [-0.3, -0.25) is 0 Å². The fraction of sp³-hybridized carbons (Fsp3) is 0.455. The molecule has 1 heterocycles. The van der Waals surface area contributed by atoms with Gasteiger partial charge in [0.15, 0.2) is 0 Å². The second-order valence-electron chi connectivity index (χ2n) is 3.44. The zero-order valence-electron chi connectivity index (χ0n) is 8.97. The highest BCUT2D eigenvalue weighted by atomic mass is 32.2. The molecule has 1 saturated heterocycles. The van der Waals surface area contributed by atoms with E-state index in [1.165, 1.54) is 5.69 Å². The van der Waals surface area contributed by atoms with Gasteiger partial charge >= 0.3 is 0 Å². The molecule has 82 valence electrons. The zero-order chi connectivity index (χ0) is 10.7. The summed E-state index contributed by atoms with van der Waals surface area (Å²) < 4.78 is 12.7. The summed E-state index contributed by atoms with van der Waals surface area (Å²) >= 11 is 1.68. The maximum absolute atomic E-state index is 5.55. The smallest absolute Gasteiger partial charge is 0.119 e. The molecule has 15 heavy (non-hydrogen) atoms. The van der Waals surface area contributed by atoms with Gasteiger partial charge in [0.05, 0.1) is 6.61 Å². The van der Waals surface area contributed by atoms with Crippen LogP contribution in [-0.2, 0) is 4.74 Å². The first-order valence-corrected chi connectivity index (χ1v) is 6.10. The Morgan fingerprint density at radius 3 is 2.67 bits per heavy atom. The second kappa shape index (κ2) is 4.77. The van der Waals surface area contributed by atoms with E-state index in [9.17, 15) is 0 Å². The fourth-order valence-electron chi connectivity index (χ4n) is 1.21. The van der Waals surface area contributed by atoms with Crippen LogP contribution in [0, 0.1) is 0 Å². The SMILES string of the molecule is CSN(C)c1ccc(OCC2CO2)cc1. The van der Waals surface area contributed by atoms with Crippen LogP contribution in [0.2, 0.25) is 0 Å². The second-order valence-corrected chi connectivity index (χ2v) is 4.35. The highest BCUT2D eigenvalue weighted by Crippen LogP contribution is 2.22. The molecule has 1 fully saturated rings. The first-order valence-electron chi connectivity index (χ1n) is 4.92. The number of hydrogen-bond donors (Lipinski definition) is 0. The Labute approximate surface area is 94.5 Å². The topological polar surface area (TPSA) is 25.0 Å². The largest absolute Gasteiger partial charge is 0.491 e. The summed E-state index contributed by atoms with van der Waals surface area (Å²) in [5, 5.41) is 0. The van der Waals surface area contributed by atoms with E-state index in [1.807, 2.05) is 19.2 Å². The van der Waals surface area contributed by atoms with Crippen molar-refractivity contribution >= 4 is 17.6 Å². The average Bonchev–Trinajstić information content (AvgIpc) is 3.10. The summed E-state index contributed by atoms with van der Waals surface area (Å²) in [5.74, 6) is 0.906. The van der Waals surface area contributed by atoms with Gasteiger partial charge in [0, 0.05) is 19.0 Å². The van der Waals surface area contributed by atoms with Gasteiger partial charge < -0.3 is 13.8 Å². The van der Waals surface area contributed by atoms with Gasteiger partial charge in [0.2, 0.25) is 0 Å². The molecule has 1 aromatic rings. The van der Waals surface area contributed by atoms with Crippen molar-refractivity contribution in [1.29, 1.82) is 0 Å². The van der Waals surface area contributed by atoms with Crippen LogP contribution >= 0.6 is 11.9 Å². The van der Waals surface area contributed by atoms with Gasteiger partial charge in [-0.2, -0.15) is 0 Å². The highest BCUT2D eigenvalue weighted by molar-refractivity contribution is 7.99. The molecule has 1 aliphatic rings. The number of rotatable bonds is 5. The molecule has 0 spiro atoms. The van der Waals surface area contributed by atoms with Crippen molar-refractivity contribution < 1.29 is 9.47 Å². The molecule has 0 N–H and O–H groups in total. The molecule has 0 aliphatic carbocycles. The number of benzene rings is 1. The number of hydrogen-bond acceptors (Lipinski definition) is 4. The first-order chi connectivity index (χ1) is 7.29. The van der Waals surface area contributed by atoms with Crippen molar-refractivity contribution in [3.05, 3.63) is 24.3 Å². The summed E-state index contributed by atoms with van der Waals surface area (Å²) in [6.07, 6.45) is 2.37. The maximum Gasteiger partial charge on any atom is 0.119 e. The maximum atomic E-state index is 5.55. The van der Waals surface area contributed by atoms with Crippen molar-refractivity contribution in [3.63, 3.8) is 0 Å². The molecule has 0 amide bonds. The number of epoxide rings is 1. The van der Waals surface area contributed by atoms with E-state index in [0.717, 1.165) is 12.4 Å². The van der Waals surface area contributed by atoms with Gasteiger partial charge in [0.1, 0.15) is 18.5 Å². The minimum Gasteiger partial charge on any atom is -0.491 e. The van der Waals surface area contributed by atoms with E-state index in [0.29, 0.717) is 12.7 Å². The van der Waals surface area contributed by atoms with E-state index in [1.54, 1.807) is 11.9 Å². The number of anilines is 1. The van der Waals surface area contributed by atoms with Crippen LogP contribution in [0.4, 0.5) is 5.69 Å². The quantitative estimate of drug-likeness (QED) is 0.566. The Morgan fingerprint density at radius 1 is 1.47 bits per heavy atom. The molecule has 3 nitrogen and oxygen atoms in total. The van der Waals surface area contributed by atoms with E-state index in [4.69, 9.17) is 9.47 Å². The molecule has 4 heteroatoms. The molecule has 0 saturated carbocycles. The van der Waals surface area contributed by atoms with E-state index in [-0.39, 0.29) is 0 Å². The summed E-state index contributed by atoms with van der Waals surface area (Å²) in [7, 11) is 2.04. The molecular formula is C11H15NO2S. The van der Waals surface area contributed by atoms with Gasteiger partial charge in [-0.25, -0.2) is 0 Å². The van der Waals surface area contributed by atoms with Gasteiger partial charge in [-0.15, -0.1) is 0 Å². The third kappa shape index (κ3) is 3.04. The molecule has 1 unspecified atom stereocenters. The third-order valence-electron chi connectivity index (χ3n) is 2.31. The Hall–Kier alpha value is -0.870. The molecule has 0 aromatic heterocycles. The lowest BCUT2D eigenvalue weighted by Gasteiger charge is -2.15. The fourth-order valence-corrected chi connectivity index (χ4v) is 1.54. The van der Waals surface area contributed by atoms with Crippen molar-refractivity contribution in [1.82, 2.24) is 0 Å². The minimum atomic E-state index is 0.318. The molecule has 1 aliphatic heterocycles. The minimum absolute atomic E-state index is 0.318. The monoisotopic (exact) mass is 225 g/mol. The van der Waals surface area contributed by atoms with Crippen LogP contribution in [0.25, 0.3) is 0 Å². The number of ether oxygens (including phenoxy) is 2. The van der Waals surface area contributed by atoms with E-state index >= 15 is 0 Å². The Bertz CT molecular complexity index is 311. The van der Waals surface area contributed by atoms with Crippen molar-refractivity contribution in [3.8, 4) is 5.75 Å². The van der Waals surface area contributed by atoms with Crippen LogP contribution < -0.4 is 9.04 Å². The Morgan fingerprint density at radius 2 is 2.13 bits per heavy atom. The summed E-state index contributed by atoms with van der Waals surface area (Å²) in [4.78, 5) is 0. The molecule has 0 radical (unpaired) electrons. The lowest BCUT2D eigenvalue weighted by molar-refractivity contribution is 0.263. The lowest BCUT2D eigenvalue weighted by Crippen LogP contribution is -2.06. The van der Waals surface area contributed by atoms with Gasteiger partial charge in [-0.05, 0) is 24.3 Å². The van der Waals surface area contributed by atoms with Crippen LogP contribution in [0.5, 0.6) is 5.75 Å². The molecule has 2 rings (SSSR count). The van der Waals surface area contributed by atoms with Gasteiger partial charge in [-0.1, -0.05) is 11.9 Å². The highest BCUT2D eigenvalue weighted by Gasteiger charge is 2.22. The van der Waals surface area contributed by atoms with Crippen molar-refractivity contribution in [2.45, 2.75) is 6.10 Å². The molecule has 1 atom stereocenters. The van der Waals surface area contributed by atoms with E-state index < -0.39 is 0 Å². The molecular weight excluding hydrogens is 210 g/mol. The predicted molar refractivity (Wildman–Crippen MR) is 63.6 cm³/mol. The van der Waals surface area contributed by atoms with Crippen LogP contribution in [-0.4, -0.2) is 32.6 Å². The Kier molecular flexibility index (Phi) is 3.38. The summed E-state index contributed by atoms with van der Waals surface area (Å²) in [6, 6.07) is 8.09. The van der Waals surface area contributed by atoms with Crippen molar-refractivity contribution in [2.24, 2.45) is 0 Å². The molecule has 1 aromatic carbocycles. The van der Waals surface area contributed by atoms with Crippen molar-refractivity contribution in [2.75, 3.05) is 30.8 Å². The normalized spacial score (nSPS) is 18.7. The summed E-state index contributed by atoms with van der Waals surface area (Å²) in [5.41, 5.74) is 1.18. The lowest BCUT2D eigenvalue weighted by atomic mass is 10.3. The number of nitrogens with zero attached hydrogens (tertiary/aromatic N) is 1. The third-order valence-corrected chi connectivity index (χ3v) is 3.07. The molecule has 0 bridgehead atoms.